The van der Waals surface area contributed by atoms with E-state index in [1.54, 1.807) is 6.92 Å². The first-order valence-electron chi connectivity index (χ1n) is 11.8. The van der Waals surface area contributed by atoms with Crippen LogP contribution in [0.3, 0.4) is 0 Å². The van der Waals surface area contributed by atoms with Crippen molar-refractivity contribution in [3.63, 3.8) is 0 Å². The molecule has 2 aliphatic rings. The number of hydrogen-bond acceptors (Lipinski definition) is 4. The quantitative estimate of drug-likeness (QED) is 0.513. The number of anilines is 1. The van der Waals surface area contributed by atoms with Crippen LogP contribution in [-0.4, -0.2) is 34.9 Å². The third-order valence-corrected chi connectivity index (χ3v) is 6.93. The minimum Gasteiger partial charge on any atom is -0.406 e. The largest absolute Gasteiger partial charge is 0.573 e. The summed E-state index contributed by atoms with van der Waals surface area (Å²) in [5.41, 5.74) is 1.18. The Morgan fingerprint density at radius 2 is 1.71 bits per heavy atom. The number of benzene rings is 2. The van der Waals surface area contributed by atoms with Gasteiger partial charge in [-0.05, 0) is 67.5 Å². The van der Waals surface area contributed by atoms with Gasteiger partial charge in [0, 0.05) is 5.69 Å². The van der Waals surface area contributed by atoms with E-state index in [1.807, 2.05) is 24.3 Å². The lowest BCUT2D eigenvalue weighted by atomic mass is 9.84. The van der Waals surface area contributed by atoms with E-state index in [2.05, 4.69) is 15.4 Å². The fourth-order valence-corrected chi connectivity index (χ4v) is 5.08. The summed E-state index contributed by atoms with van der Waals surface area (Å²) in [6, 6.07) is 12.8. The second kappa shape index (κ2) is 9.89. The SMILES string of the molecule is CC1(Cc2ccc(OC(F)(F)F)cc2)NC(=O)C(C(=O)Nc2ccc(C3CCCCC3)cc2)C1O. The highest BCUT2D eigenvalue weighted by atomic mass is 19.4. The number of aliphatic hydroxyl groups is 1. The molecular formula is C26H29F3N2O4. The molecule has 3 unspecified atom stereocenters. The number of amides is 2. The summed E-state index contributed by atoms with van der Waals surface area (Å²) < 4.78 is 41.0. The maximum absolute atomic E-state index is 12.9. The number of rotatable bonds is 6. The number of carbonyl (C=O) groups excluding carboxylic acids is 2. The molecule has 0 spiro atoms. The molecule has 35 heavy (non-hydrogen) atoms. The van der Waals surface area contributed by atoms with E-state index in [4.69, 9.17) is 0 Å². The number of alkyl halides is 3. The molecule has 3 atom stereocenters. The third kappa shape index (κ3) is 5.96. The molecule has 1 saturated carbocycles. The van der Waals surface area contributed by atoms with Gasteiger partial charge in [0.25, 0.3) is 0 Å². The van der Waals surface area contributed by atoms with Gasteiger partial charge in [0.2, 0.25) is 11.8 Å². The van der Waals surface area contributed by atoms with Crippen molar-refractivity contribution in [3.8, 4) is 5.75 Å². The van der Waals surface area contributed by atoms with Gasteiger partial charge in [0.15, 0.2) is 0 Å². The van der Waals surface area contributed by atoms with Gasteiger partial charge < -0.3 is 20.5 Å². The molecule has 1 aliphatic heterocycles. The molecule has 4 rings (SSSR count). The zero-order valence-electron chi connectivity index (χ0n) is 19.4. The second-order valence-corrected chi connectivity index (χ2v) is 9.64. The highest BCUT2D eigenvalue weighted by Gasteiger charge is 2.52. The molecule has 1 heterocycles. The van der Waals surface area contributed by atoms with Crippen molar-refractivity contribution in [1.82, 2.24) is 5.32 Å². The van der Waals surface area contributed by atoms with E-state index in [-0.39, 0.29) is 12.2 Å². The van der Waals surface area contributed by atoms with Crippen molar-refractivity contribution in [2.24, 2.45) is 5.92 Å². The van der Waals surface area contributed by atoms with E-state index in [9.17, 15) is 27.9 Å². The van der Waals surface area contributed by atoms with Crippen LogP contribution in [0.1, 0.15) is 56.1 Å². The van der Waals surface area contributed by atoms with Gasteiger partial charge in [0.05, 0.1) is 11.6 Å². The van der Waals surface area contributed by atoms with E-state index in [1.165, 1.54) is 37.0 Å². The summed E-state index contributed by atoms with van der Waals surface area (Å²) >= 11 is 0. The second-order valence-electron chi connectivity index (χ2n) is 9.64. The van der Waals surface area contributed by atoms with Crippen molar-refractivity contribution < 1.29 is 32.6 Å². The zero-order valence-corrected chi connectivity index (χ0v) is 19.4. The van der Waals surface area contributed by atoms with Crippen molar-refractivity contribution in [2.45, 2.75) is 69.4 Å². The van der Waals surface area contributed by atoms with Gasteiger partial charge in [-0.2, -0.15) is 0 Å². The molecule has 1 aliphatic carbocycles. The molecule has 3 N–H and O–H groups in total. The molecular weight excluding hydrogens is 461 g/mol. The average molecular weight is 491 g/mol. The Balaban J connectivity index is 1.39. The van der Waals surface area contributed by atoms with E-state index in [0.29, 0.717) is 17.2 Å². The van der Waals surface area contributed by atoms with Crippen LogP contribution >= 0.6 is 0 Å². The normalized spacial score (nSPS) is 25.2. The highest BCUT2D eigenvalue weighted by molar-refractivity contribution is 6.08. The fraction of sp³-hybridized carbons (Fsp3) is 0.462. The Morgan fingerprint density at radius 1 is 1.09 bits per heavy atom. The number of halogens is 3. The summed E-state index contributed by atoms with van der Waals surface area (Å²) in [6.07, 6.45) is 0.0410. The first kappa shape index (κ1) is 25.0. The molecule has 188 valence electrons. The van der Waals surface area contributed by atoms with Crippen LogP contribution in [0.2, 0.25) is 0 Å². The van der Waals surface area contributed by atoms with Gasteiger partial charge in [-0.3, -0.25) is 9.59 Å². The summed E-state index contributed by atoms with van der Waals surface area (Å²) in [7, 11) is 0. The van der Waals surface area contributed by atoms with Gasteiger partial charge >= 0.3 is 6.36 Å². The average Bonchev–Trinajstić information content (AvgIpc) is 3.03. The summed E-state index contributed by atoms with van der Waals surface area (Å²) in [6.45, 7) is 1.60. The molecule has 0 aromatic heterocycles. The Labute approximate surface area is 201 Å². The Morgan fingerprint density at radius 3 is 2.31 bits per heavy atom. The van der Waals surface area contributed by atoms with Crippen molar-refractivity contribution in [1.29, 1.82) is 0 Å². The number of nitrogens with one attached hydrogen (secondary N) is 2. The molecule has 9 heteroatoms. The first-order chi connectivity index (χ1) is 16.5. The number of carbonyl (C=O) groups is 2. The van der Waals surface area contributed by atoms with E-state index in [0.717, 1.165) is 25.0 Å². The Hall–Kier alpha value is -3.07. The zero-order chi connectivity index (χ0) is 25.2. The van der Waals surface area contributed by atoms with Crippen LogP contribution in [0, 0.1) is 5.92 Å². The predicted octanol–water partition coefficient (Wildman–Crippen LogP) is 4.68. The van der Waals surface area contributed by atoms with Crippen LogP contribution in [0.4, 0.5) is 18.9 Å². The van der Waals surface area contributed by atoms with Crippen LogP contribution < -0.4 is 15.4 Å². The van der Waals surface area contributed by atoms with Crippen LogP contribution in [0.15, 0.2) is 48.5 Å². The van der Waals surface area contributed by atoms with Gasteiger partial charge in [-0.1, -0.05) is 43.5 Å². The standard InChI is InChI=1S/C26H29F3N2O4/c1-25(15-16-7-13-20(14-8-16)35-26(27,28)29)22(32)21(24(34)31-25)23(33)30-19-11-9-18(10-12-19)17-5-3-2-4-6-17/h7-14,17,21-22,32H,2-6,15H2,1H3,(H,30,33)(H,31,34). The highest BCUT2D eigenvalue weighted by Crippen LogP contribution is 2.34. The van der Waals surface area contributed by atoms with Crippen LogP contribution in [0.25, 0.3) is 0 Å². The summed E-state index contributed by atoms with van der Waals surface area (Å²) in [5, 5.41) is 16.3. The van der Waals surface area contributed by atoms with Gasteiger partial charge in [-0.25, -0.2) is 0 Å². The topological polar surface area (TPSA) is 87.7 Å². The van der Waals surface area contributed by atoms with Gasteiger partial charge in [0.1, 0.15) is 11.7 Å². The monoisotopic (exact) mass is 490 g/mol. The lowest BCUT2D eigenvalue weighted by molar-refractivity contribution is -0.274. The molecule has 2 fully saturated rings. The van der Waals surface area contributed by atoms with Crippen LogP contribution in [-0.2, 0) is 16.0 Å². The minimum absolute atomic E-state index is 0.117. The molecule has 2 aromatic carbocycles. The molecule has 2 amide bonds. The first-order valence-corrected chi connectivity index (χ1v) is 11.8. The minimum atomic E-state index is -4.79. The molecule has 0 radical (unpaired) electrons. The lowest BCUT2D eigenvalue weighted by Crippen LogP contribution is -2.48. The molecule has 1 saturated heterocycles. The van der Waals surface area contributed by atoms with Gasteiger partial charge in [-0.15, -0.1) is 13.2 Å². The number of hydrogen-bond donors (Lipinski definition) is 3. The Bertz CT molecular complexity index is 1050. The smallest absolute Gasteiger partial charge is 0.406 e. The summed E-state index contributed by atoms with van der Waals surface area (Å²) in [4.78, 5) is 25.5. The molecule has 6 nitrogen and oxygen atoms in total. The Kier molecular flexibility index (Phi) is 7.07. The van der Waals surface area contributed by atoms with E-state index < -0.39 is 35.7 Å². The maximum atomic E-state index is 12.9. The number of aliphatic hydroxyl groups excluding tert-OH is 1. The van der Waals surface area contributed by atoms with Crippen molar-refractivity contribution in [2.75, 3.05) is 5.32 Å². The molecule has 2 aromatic rings. The summed E-state index contributed by atoms with van der Waals surface area (Å²) in [5.74, 6) is -2.36. The third-order valence-electron chi connectivity index (χ3n) is 6.93. The van der Waals surface area contributed by atoms with Crippen molar-refractivity contribution >= 4 is 17.5 Å². The lowest BCUT2D eigenvalue weighted by Gasteiger charge is -2.29. The van der Waals surface area contributed by atoms with E-state index >= 15 is 0 Å². The predicted molar refractivity (Wildman–Crippen MR) is 124 cm³/mol. The number of ether oxygens (including phenoxy) is 1. The molecule has 0 bridgehead atoms. The maximum Gasteiger partial charge on any atom is 0.573 e. The van der Waals surface area contributed by atoms with Crippen molar-refractivity contribution in [3.05, 3.63) is 59.7 Å². The fourth-order valence-electron chi connectivity index (χ4n) is 5.08. The van der Waals surface area contributed by atoms with Crippen LogP contribution in [0.5, 0.6) is 5.75 Å².